The Kier molecular flexibility index (Phi) is 6.27. The van der Waals surface area contributed by atoms with Crippen molar-refractivity contribution in [1.82, 2.24) is 0 Å². The van der Waals surface area contributed by atoms with E-state index in [1.54, 1.807) is 13.0 Å². The molecule has 0 fully saturated rings. The highest BCUT2D eigenvalue weighted by atomic mass is 16.5. The smallest absolute Gasteiger partial charge is 0.339 e. The van der Waals surface area contributed by atoms with Gasteiger partial charge in [0.1, 0.15) is 0 Å². The molecule has 0 aliphatic rings. The van der Waals surface area contributed by atoms with Crippen LogP contribution in [0.15, 0.2) is 54.1 Å². The van der Waals surface area contributed by atoms with Crippen molar-refractivity contribution in [2.75, 3.05) is 19.5 Å². The van der Waals surface area contributed by atoms with Gasteiger partial charge in [-0.05, 0) is 36.8 Å². The molecule has 0 aromatic heterocycles. The van der Waals surface area contributed by atoms with Crippen LogP contribution in [0.2, 0.25) is 0 Å². The quantitative estimate of drug-likeness (QED) is 0.659. The number of benzene rings is 2. The molecule has 0 bridgehead atoms. The molecule has 2 aromatic carbocycles. The first-order valence-electron chi connectivity index (χ1n) is 7.81. The molecular weight excluding hydrogens is 334 g/mol. The molecule has 1 N–H and O–H groups in total. The Balaban J connectivity index is 2.33. The maximum atomic E-state index is 12.5. The fourth-order valence-corrected chi connectivity index (χ4v) is 2.27. The Morgan fingerprint density at radius 3 is 2.19 bits per heavy atom. The highest BCUT2D eigenvalue weighted by Crippen LogP contribution is 2.21. The van der Waals surface area contributed by atoms with Crippen molar-refractivity contribution in [2.45, 2.75) is 6.92 Å². The molecule has 1 amide bonds. The zero-order valence-electron chi connectivity index (χ0n) is 14.7. The van der Waals surface area contributed by atoms with Crippen LogP contribution in [0.5, 0.6) is 0 Å². The summed E-state index contributed by atoms with van der Waals surface area (Å²) in [7, 11) is 2.49. The van der Waals surface area contributed by atoms with Crippen molar-refractivity contribution in [2.24, 2.45) is 0 Å². The van der Waals surface area contributed by atoms with Crippen LogP contribution in [0.1, 0.15) is 33.2 Å². The highest BCUT2D eigenvalue weighted by molar-refractivity contribution is 6.10. The summed E-state index contributed by atoms with van der Waals surface area (Å²) in [4.78, 5) is 36.1. The van der Waals surface area contributed by atoms with Gasteiger partial charge in [-0.3, -0.25) is 4.79 Å². The average molecular weight is 353 g/mol. The summed E-state index contributed by atoms with van der Waals surface area (Å²) in [5.74, 6) is -1.60. The molecule has 134 valence electrons. The van der Waals surface area contributed by atoms with Crippen LogP contribution in [-0.2, 0) is 14.3 Å². The summed E-state index contributed by atoms with van der Waals surface area (Å²) in [6.07, 6.45) is 1.72. The van der Waals surface area contributed by atoms with E-state index in [4.69, 9.17) is 4.74 Å². The average Bonchev–Trinajstić information content (AvgIpc) is 2.67. The lowest BCUT2D eigenvalue weighted by Crippen LogP contribution is -2.17. The van der Waals surface area contributed by atoms with E-state index in [1.807, 2.05) is 30.3 Å². The van der Waals surface area contributed by atoms with Gasteiger partial charge in [-0.2, -0.15) is 0 Å². The molecule has 0 saturated carbocycles. The third-order valence-electron chi connectivity index (χ3n) is 3.64. The number of carbonyl (C=O) groups excluding carboxylic acids is 3. The van der Waals surface area contributed by atoms with Crippen LogP contribution in [0.4, 0.5) is 5.69 Å². The lowest BCUT2D eigenvalue weighted by atomic mass is 10.1. The minimum Gasteiger partial charge on any atom is -0.465 e. The second kappa shape index (κ2) is 8.62. The number of rotatable bonds is 5. The fourth-order valence-electron chi connectivity index (χ4n) is 2.27. The molecule has 0 aliphatic carbocycles. The van der Waals surface area contributed by atoms with Crippen LogP contribution in [0.25, 0.3) is 6.08 Å². The summed E-state index contributed by atoms with van der Waals surface area (Å²) >= 11 is 0. The largest absolute Gasteiger partial charge is 0.465 e. The lowest BCUT2D eigenvalue weighted by molar-refractivity contribution is -0.112. The van der Waals surface area contributed by atoms with Gasteiger partial charge in [0.05, 0.1) is 31.0 Å². The number of hydrogen-bond donors (Lipinski definition) is 1. The minimum atomic E-state index is -0.624. The third-order valence-corrected chi connectivity index (χ3v) is 3.64. The van der Waals surface area contributed by atoms with Crippen molar-refractivity contribution in [3.8, 4) is 0 Å². The van der Waals surface area contributed by atoms with Crippen molar-refractivity contribution in [3.63, 3.8) is 0 Å². The first-order chi connectivity index (χ1) is 12.5. The molecule has 6 nitrogen and oxygen atoms in total. The van der Waals surface area contributed by atoms with Crippen LogP contribution >= 0.6 is 0 Å². The first-order valence-corrected chi connectivity index (χ1v) is 7.81. The number of methoxy groups -OCH3 is 2. The Labute approximate surface area is 151 Å². The number of ether oxygens (including phenoxy) is 2. The summed E-state index contributed by atoms with van der Waals surface area (Å²) < 4.78 is 9.39. The molecule has 0 saturated heterocycles. The molecule has 0 unspecified atom stereocenters. The van der Waals surface area contributed by atoms with E-state index < -0.39 is 17.8 Å². The van der Waals surface area contributed by atoms with Crippen LogP contribution in [-0.4, -0.2) is 32.1 Å². The number of carbonyl (C=O) groups is 3. The highest BCUT2D eigenvalue weighted by Gasteiger charge is 2.17. The molecule has 0 radical (unpaired) electrons. The number of amides is 1. The van der Waals surface area contributed by atoms with Crippen molar-refractivity contribution in [1.29, 1.82) is 0 Å². The third kappa shape index (κ3) is 4.57. The molecule has 26 heavy (non-hydrogen) atoms. The Hall–Kier alpha value is -3.41. The second-order valence-electron chi connectivity index (χ2n) is 5.44. The van der Waals surface area contributed by atoms with Crippen molar-refractivity contribution in [3.05, 3.63) is 70.8 Å². The molecule has 6 heteroatoms. The van der Waals surface area contributed by atoms with E-state index in [9.17, 15) is 14.4 Å². The van der Waals surface area contributed by atoms with E-state index >= 15 is 0 Å². The van der Waals surface area contributed by atoms with Crippen LogP contribution < -0.4 is 5.32 Å². The maximum Gasteiger partial charge on any atom is 0.339 e. The molecule has 0 atom stereocenters. The number of nitrogens with one attached hydrogen (secondary N) is 1. The van der Waals surface area contributed by atoms with E-state index in [2.05, 4.69) is 10.1 Å². The van der Waals surface area contributed by atoms with Gasteiger partial charge in [-0.1, -0.05) is 30.3 Å². The summed E-state index contributed by atoms with van der Waals surface area (Å²) in [5.41, 5.74) is 1.83. The molecule has 2 rings (SSSR count). The van der Waals surface area contributed by atoms with E-state index in [0.717, 1.165) is 5.56 Å². The van der Waals surface area contributed by atoms with E-state index in [-0.39, 0.29) is 16.8 Å². The maximum absolute atomic E-state index is 12.5. The molecule has 0 aliphatic heterocycles. The molecule has 0 heterocycles. The van der Waals surface area contributed by atoms with E-state index in [1.165, 1.54) is 32.4 Å². The summed E-state index contributed by atoms with van der Waals surface area (Å²) in [6, 6.07) is 13.6. The topological polar surface area (TPSA) is 81.7 Å². The predicted molar refractivity (Wildman–Crippen MR) is 97.8 cm³/mol. The number of hydrogen-bond acceptors (Lipinski definition) is 5. The molecule has 2 aromatic rings. The zero-order valence-corrected chi connectivity index (χ0v) is 14.7. The fraction of sp³-hybridized carbons (Fsp3) is 0.150. The second-order valence-corrected chi connectivity index (χ2v) is 5.44. The van der Waals surface area contributed by atoms with Gasteiger partial charge in [-0.25, -0.2) is 9.59 Å². The normalized spacial score (nSPS) is 10.8. The lowest BCUT2D eigenvalue weighted by Gasteiger charge is -2.11. The van der Waals surface area contributed by atoms with Gasteiger partial charge >= 0.3 is 11.9 Å². The summed E-state index contributed by atoms with van der Waals surface area (Å²) in [6.45, 7) is 1.66. The number of esters is 2. The van der Waals surface area contributed by atoms with Crippen molar-refractivity contribution >= 4 is 29.6 Å². The monoisotopic (exact) mass is 353 g/mol. The minimum absolute atomic E-state index is 0.140. The van der Waals surface area contributed by atoms with Gasteiger partial charge in [0.2, 0.25) is 0 Å². The SMILES string of the molecule is COC(=O)c1ccc(C(=O)OC)c(NC(=O)C(C)=Cc2ccccc2)c1. The molecule has 0 spiro atoms. The van der Waals surface area contributed by atoms with Gasteiger partial charge in [0.15, 0.2) is 0 Å². The Morgan fingerprint density at radius 2 is 1.58 bits per heavy atom. The standard InChI is InChI=1S/C20H19NO5/c1-13(11-14-7-5-4-6-8-14)18(22)21-17-12-15(19(23)25-2)9-10-16(17)20(24)26-3/h4-12H,1-3H3,(H,21,22). The number of anilines is 1. The van der Waals surface area contributed by atoms with Crippen molar-refractivity contribution < 1.29 is 23.9 Å². The predicted octanol–water partition coefficient (Wildman–Crippen LogP) is 3.30. The Bertz CT molecular complexity index is 856. The molecular formula is C20H19NO5. The van der Waals surface area contributed by atoms with Gasteiger partial charge in [0, 0.05) is 5.57 Å². The van der Waals surface area contributed by atoms with Gasteiger partial charge in [-0.15, -0.1) is 0 Å². The van der Waals surface area contributed by atoms with Gasteiger partial charge in [0.25, 0.3) is 5.91 Å². The van der Waals surface area contributed by atoms with Crippen LogP contribution in [0.3, 0.4) is 0 Å². The summed E-state index contributed by atoms with van der Waals surface area (Å²) in [5, 5.41) is 2.65. The Morgan fingerprint density at radius 1 is 0.923 bits per heavy atom. The van der Waals surface area contributed by atoms with Gasteiger partial charge < -0.3 is 14.8 Å². The van der Waals surface area contributed by atoms with E-state index in [0.29, 0.717) is 5.57 Å². The van der Waals surface area contributed by atoms with Crippen LogP contribution in [0, 0.1) is 0 Å². The zero-order chi connectivity index (χ0) is 19.1. The first kappa shape index (κ1) is 18.9.